The van der Waals surface area contributed by atoms with Gasteiger partial charge in [0.1, 0.15) is 0 Å². The van der Waals surface area contributed by atoms with Gasteiger partial charge >= 0.3 is 5.97 Å². The molecule has 116 valence electrons. The van der Waals surface area contributed by atoms with Crippen molar-refractivity contribution in [1.29, 1.82) is 0 Å². The van der Waals surface area contributed by atoms with Gasteiger partial charge in [0.05, 0.1) is 15.6 Å². The van der Waals surface area contributed by atoms with E-state index in [9.17, 15) is 14.4 Å². The molecule has 0 saturated carbocycles. The van der Waals surface area contributed by atoms with Crippen LogP contribution in [0.3, 0.4) is 0 Å². The molecule has 1 heterocycles. The van der Waals surface area contributed by atoms with Crippen LogP contribution in [0, 0.1) is 5.41 Å². The largest absolute Gasteiger partial charge is 0.477 e. The van der Waals surface area contributed by atoms with E-state index in [-0.39, 0.29) is 22.8 Å². The van der Waals surface area contributed by atoms with Gasteiger partial charge in [-0.25, -0.2) is 4.79 Å². The number of carboxylic acids is 1. The number of rotatable bonds is 5. The Bertz CT molecular complexity index is 643. The minimum Gasteiger partial charge on any atom is -0.477 e. The number of allylic oxidation sites excluding steroid dienone is 1. The van der Waals surface area contributed by atoms with Gasteiger partial charge in [-0.15, -0.1) is 0 Å². The van der Waals surface area contributed by atoms with E-state index in [4.69, 9.17) is 5.11 Å². The number of nitrogens with zero attached hydrogens (tertiary/aromatic N) is 1. The standard InChI is InChI=1S/C16H16BrNO4/c1-16(2,8-7-12(17)15(21)22)9-18-13(19)10-5-3-4-6-11(10)14(18)20/h3-7H,8-9H2,1-2H3,(H,21,22). The van der Waals surface area contributed by atoms with Gasteiger partial charge in [0.2, 0.25) is 0 Å². The molecule has 0 aliphatic carbocycles. The molecule has 6 heteroatoms. The Morgan fingerprint density at radius 2 is 1.73 bits per heavy atom. The molecular formula is C16H16BrNO4. The van der Waals surface area contributed by atoms with Crippen molar-refractivity contribution in [1.82, 2.24) is 4.90 Å². The van der Waals surface area contributed by atoms with Gasteiger partial charge in [-0.1, -0.05) is 32.1 Å². The second-order valence-electron chi connectivity index (χ2n) is 5.97. The topological polar surface area (TPSA) is 74.7 Å². The third kappa shape index (κ3) is 3.27. The lowest BCUT2D eigenvalue weighted by atomic mass is 9.88. The summed E-state index contributed by atoms with van der Waals surface area (Å²) < 4.78 is 0.0722. The molecule has 0 atom stereocenters. The Balaban J connectivity index is 2.14. The van der Waals surface area contributed by atoms with Crippen molar-refractivity contribution in [2.45, 2.75) is 20.3 Å². The van der Waals surface area contributed by atoms with E-state index in [1.54, 1.807) is 30.3 Å². The van der Waals surface area contributed by atoms with E-state index in [1.807, 2.05) is 13.8 Å². The lowest BCUT2D eigenvalue weighted by Crippen LogP contribution is -2.38. The average Bonchev–Trinajstić information content (AvgIpc) is 2.70. The summed E-state index contributed by atoms with van der Waals surface area (Å²) in [7, 11) is 0. The summed E-state index contributed by atoms with van der Waals surface area (Å²) in [6.45, 7) is 4.00. The fourth-order valence-corrected chi connectivity index (χ4v) is 2.49. The Kier molecular flexibility index (Phi) is 4.51. The number of fused-ring (bicyclic) bond motifs is 1. The average molecular weight is 366 g/mol. The second-order valence-corrected chi connectivity index (χ2v) is 6.82. The van der Waals surface area contributed by atoms with E-state index in [1.165, 1.54) is 4.90 Å². The number of halogens is 1. The summed E-state index contributed by atoms with van der Waals surface area (Å²) in [5.41, 5.74) is 0.415. The molecular weight excluding hydrogens is 350 g/mol. The second kappa shape index (κ2) is 6.04. The summed E-state index contributed by atoms with van der Waals surface area (Å²) in [6.07, 6.45) is 1.97. The molecule has 0 aromatic heterocycles. The van der Waals surface area contributed by atoms with Crippen LogP contribution in [0.2, 0.25) is 0 Å². The maximum Gasteiger partial charge on any atom is 0.342 e. The van der Waals surface area contributed by atoms with E-state index in [0.29, 0.717) is 17.5 Å². The number of carbonyl (C=O) groups is 3. The predicted octanol–water partition coefficient (Wildman–Crippen LogP) is 3.06. The lowest BCUT2D eigenvalue weighted by molar-refractivity contribution is -0.131. The molecule has 0 saturated heterocycles. The summed E-state index contributed by atoms with van der Waals surface area (Å²) in [5.74, 6) is -1.64. The smallest absolute Gasteiger partial charge is 0.342 e. The summed E-state index contributed by atoms with van der Waals surface area (Å²) in [4.78, 5) is 36.6. The first-order chi connectivity index (χ1) is 10.2. The highest BCUT2D eigenvalue weighted by Gasteiger charge is 2.37. The van der Waals surface area contributed by atoms with E-state index in [2.05, 4.69) is 15.9 Å². The van der Waals surface area contributed by atoms with Gasteiger partial charge in [0, 0.05) is 6.54 Å². The minimum absolute atomic E-state index is 0.0722. The van der Waals surface area contributed by atoms with Crippen LogP contribution in [0.4, 0.5) is 0 Å². The number of hydrogen-bond donors (Lipinski definition) is 1. The molecule has 5 nitrogen and oxygen atoms in total. The van der Waals surface area contributed by atoms with Crippen molar-refractivity contribution in [2.75, 3.05) is 6.54 Å². The van der Waals surface area contributed by atoms with Crippen molar-refractivity contribution >= 4 is 33.7 Å². The third-order valence-corrected chi connectivity index (χ3v) is 4.17. The number of imide groups is 1. The maximum absolute atomic E-state index is 12.3. The Morgan fingerprint density at radius 1 is 1.23 bits per heavy atom. The normalized spacial score (nSPS) is 15.2. The first-order valence-electron chi connectivity index (χ1n) is 6.77. The molecule has 0 fully saturated rings. The number of hydrogen-bond acceptors (Lipinski definition) is 3. The highest BCUT2D eigenvalue weighted by Crippen LogP contribution is 2.29. The summed E-state index contributed by atoms with van der Waals surface area (Å²) >= 11 is 2.97. The quantitative estimate of drug-likeness (QED) is 0.642. The zero-order chi connectivity index (χ0) is 16.5. The van der Waals surface area contributed by atoms with Gasteiger partial charge in [0.15, 0.2) is 0 Å². The molecule has 0 unspecified atom stereocenters. The molecule has 1 aliphatic rings. The van der Waals surface area contributed by atoms with Crippen LogP contribution >= 0.6 is 15.9 Å². The van der Waals surface area contributed by atoms with E-state index >= 15 is 0 Å². The molecule has 22 heavy (non-hydrogen) atoms. The van der Waals surface area contributed by atoms with E-state index in [0.717, 1.165) is 0 Å². The number of carbonyl (C=O) groups excluding carboxylic acids is 2. The number of aliphatic carboxylic acids is 1. The number of benzene rings is 1. The molecule has 1 N–H and O–H groups in total. The molecule has 2 rings (SSSR count). The molecule has 1 aromatic rings. The zero-order valence-corrected chi connectivity index (χ0v) is 13.9. The van der Waals surface area contributed by atoms with Crippen molar-refractivity contribution in [2.24, 2.45) is 5.41 Å². The molecule has 1 aromatic carbocycles. The fourth-order valence-electron chi connectivity index (χ4n) is 2.33. The van der Waals surface area contributed by atoms with Crippen LogP contribution < -0.4 is 0 Å². The summed E-state index contributed by atoms with van der Waals surface area (Å²) in [6, 6.07) is 6.74. The van der Waals surface area contributed by atoms with Crippen LogP contribution in [0.1, 0.15) is 41.0 Å². The van der Waals surface area contributed by atoms with Gasteiger partial charge in [0.25, 0.3) is 11.8 Å². The number of amides is 2. The van der Waals surface area contributed by atoms with Crippen LogP contribution in [-0.4, -0.2) is 34.3 Å². The van der Waals surface area contributed by atoms with Crippen molar-refractivity contribution in [3.05, 3.63) is 46.0 Å². The zero-order valence-electron chi connectivity index (χ0n) is 12.3. The maximum atomic E-state index is 12.3. The van der Waals surface area contributed by atoms with Crippen molar-refractivity contribution < 1.29 is 19.5 Å². The Hall–Kier alpha value is -1.95. The first kappa shape index (κ1) is 16.4. The minimum atomic E-state index is -1.04. The molecule has 0 bridgehead atoms. The van der Waals surface area contributed by atoms with Crippen LogP contribution in [-0.2, 0) is 4.79 Å². The SMILES string of the molecule is CC(C)(CC=C(Br)C(=O)O)CN1C(=O)c2ccccc2C1=O. The monoisotopic (exact) mass is 365 g/mol. The predicted molar refractivity (Wildman–Crippen MR) is 84.9 cm³/mol. The van der Waals surface area contributed by atoms with Gasteiger partial charge in [-0.2, -0.15) is 0 Å². The molecule has 1 aliphatic heterocycles. The highest BCUT2D eigenvalue weighted by atomic mass is 79.9. The fraction of sp³-hybridized carbons (Fsp3) is 0.312. The van der Waals surface area contributed by atoms with Gasteiger partial charge in [-0.3, -0.25) is 14.5 Å². The first-order valence-corrected chi connectivity index (χ1v) is 7.56. The van der Waals surface area contributed by atoms with Crippen LogP contribution in [0.15, 0.2) is 34.8 Å². The lowest BCUT2D eigenvalue weighted by Gasteiger charge is -2.28. The van der Waals surface area contributed by atoms with Crippen molar-refractivity contribution in [3.63, 3.8) is 0 Å². The Morgan fingerprint density at radius 3 is 2.18 bits per heavy atom. The molecule has 2 amide bonds. The number of carboxylic acid groups (broad SMARTS) is 1. The van der Waals surface area contributed by atoms with Crippen molar-refractivity contribution in [3.8, 4) is 0 Å². The third-order valence-electron chi connectivity index (χ3n) is 3.50. The van der Waals surface area contributed by atoms with E-state index < -0.39 is 11.4 Å². The molecule has 0 spiro atoms. The van der Waals surface area contributed by atoms with Gasteiger partial charge in [-0.05, 0) is 39.9 Å². The van der Waals surface area contributed by atoms with Crippen LogP contribution in [0.25, 0.3) is 0 Å². The highest BCUT2D eigenvalue weighted by molar-refractivity contribution is 9.12. The van der Waals surface area contributed by atoms with Crippen LogP contribution in [0.5, 0.6) is 0 Å². The Labute approximate surface area is 136 Å². The summed E-state index contributed by atoms with van der Waals surface area (Å²) in [5, 5.41) is 8.83. The molecule has 0 radical (unpaired) electrons. The van der Waals surface area contributed by atoms with Gasteiger partial charge < -0.3 is 5.11 Å².